The molecule has 13 heavy (non-hydrogen) atoms. The Balaban J connectivity index is 2.21. The number of hydrogen-bond acceptors (Lipinski definition) is 3. The predicted octanol–water partition coefficient (Wildman–Crippen LogP) is -0.422. The summed E-state index contributed by atoms with van der Waals surface area (Å²) in [6, 6.07) is 0.194. The van der Waals surface area contributed by atoms with Gasteiger partial charge in [-0.3, -0.25) is 9.69 Å². The zero-order chi connectivity index (χ0) is 9.84. The Bertz CT molecular complexity index is 182. The van der Waals surface area contributed by atoms with E-state index < -0.39 is 0 Å². The zero-order valence-corrected chi connectivity index (χ0v) is 8.29. The van der Waals surface area contributed by atoms with Gasteiger partial charge in [0.25, 0.3) is 0 Å². The molecule has 0 bridgehead atoms. The average molecular weight is 186 g/mol. The third kappa shape index (κ3) is 3.74. The van der Waals surface area contributed by atoms with Gasteiger partial charge in [-0.1, -0.05) is 0 Å². The van der Waals surface area contributed by atoms with E-state index in [-0.39, 0.29) is 18.1 Å². The summed E-state index contributed by atoms with van der Waals surface area (Å²) in [6.07, 6.45) is 0.543. The lowest BCUT2D eigenvalue weighted by molar-refractivity contribution is -0.122. The van der Waals surface area contributed by atoms with E-state index in [0.29, 0.717) is 13.1 Å². The van der Waals surface area contributed by atoms with Crippen molar-refractivity contribution in [3.63, 3.8) is 0 Å². The van der Waals surface area contributed by atoms with E-state index in [9.17, 15) is 9.90 Å². The summed E-state index contributed by atoms with van der Waals surface area (Å²) >= 11 is 0. The van der Waals surface area contributed by atoms with Crippen molar-refractivity contribution in [2.45, 2.75) is 32.4 Å². The van der Waals surface area contributed by atoms with Gasteiger partial charge in [-0.25, -0.2) is 0 Å². The predicted molar refractivity (Wildman–Crippen MR) is 50.3 cm³/mol. The number of nitrogens with one attached hydrogen (secondary N) is 1. The fraction of sp³-hybridized carbons (Fsp3) is 0.889. The number of amides is 1. The molecule has 0 radical (unpaired) electrons. The van der Waals surface area contributed by atoms with Crippen molar-refractivity contribution in [2.24, 2.45) is 0 Å². The molecule has 0 saturated carbocycles. The van der Waals surface area contributed by atoms with Gasteiger partial charge >= 0.3 is 0 Å². The summed E-state index contributed by atoms with van der Waals surface area (Å²) in [5, 5.41) is 12.0. The number of carbonyl (C=O) groups is 1. The number of nitrogens with zero attached hydrogens (tertiary/aromatic N) is 1. The number of hydrogen-bond donors (Lipinski definition) is 2. The van der Waals surface area contributed by atoms with Gasteiger partial charge in [-0.15, -0.1) is 0 Å². The number of aliphatic hydroxyl groups excluding tert-OH is 1. The monoisotopic (exact) mass is 186 g/mol. The molecular formula is C9H18N2O2. The van der Waals surface area contributed by atoms with E-state index in [1.54, 1.807) is 0 Å². The number of β-amino-alcohol motifs (C(OH)–C–C–N with tert-alkyl or cyclic N) is 1. The second kappa shape index (κ2) is 4.58. The molecule has 1 aliphatic heterocycles. The van der Waals surface area contributed by atoms with Crippen LogP contribution in [0.1, 0.15) is 20.3 Å². The second-order valence-corrected chi connectivity index (χ2v) is 3.90. The third-order valence-electron chi connectivity index (χ3n) is 2.06. The minimum Gasteiger partial charge on any atom is -0.392 e. The molecule has 0 spiro atoms. The van der Waals surface area contributed by atoms with E-state index in [1.807, 2.05) is 18.7 Å². The van der Waals surface area contributed by atoms with Gasteiger partial charge < -0.3 is 10.4 Å². The molecule has 1 aliphatic rings. The van der Waals surface area contributed by atoms with Crippen LogP contribution in [0.2, 0.25) is 0 Å². The molecule has 0 unspecified atom stereocenters. The fourth-order valence-electron chi connectivity index (χ4n) is 1.53. The second-order valence-electron chi connectivity index (χ2n) is 3.90. The van der Waals surface area contributed by atoms with Crippen LogP contribution in [0.5, 0.6) is 0 Å². The fourth-order valence-corrected chi connectivity index (χ4v) is 1.53. The van der Waals surface area contributed by atoms with Gasteiger partial charge in [0.1, 0.15) is 0 Å². The standard InChI is InChI=1S/C9H18N2O2/c1-7(2)10-9(13)6-11-4-3-8(12)5-11/h7-8,12H,3-6H2,1-2H3,(H,10,13)/t8-/m1/s1. The Morgan fingerprint density at radius 1 is 1.69 bits per heavy atom. The van der Waals surface area contributed by atoms with Crippen molar-refractivity contribution in [1.82, 2.24) is 10.2 Å². The van der Waals surface area contributed by atoms with Crippen molar-refractivity contribution in [1.29, 1.82) is 0 Å². The lowest BCUT2D eigenvalue weighted by atomic mass is 10.3. The van der Waals surface area contributed by atoms with Gasteiger partial charge in [0, 0.05) is 19.1 Å². The number of rotatable bonds is 3. The molecule has 0 aromatic heterocycles. The Morgan fingerprint density at radius 2 is 2.38 bits per heavy atom. The van der Waals surface area contributed by atoms with Crippen LogP contribution < -0.4 is 5.32 Å². The molecule has 0 aromatic carbocycles. The molecule has 2 N–H and O–H groups in total. The number of likely N-dealkylation sites (tertiary alicyclic amines) is 1. The van der Waals surface area contributed by atoms with Crippen molar-refractivity contribution >= 4 is 5.91 Å². The maximum absolute atomic E-state index is 11.3. The summed E-state index contributed by atoms with van der Waals surface area (Å²) in [4.78, 5) is 13.3. The normalized spacial score (nSPS) is 23.8. The lowest BCUT2D eigenvalue weighted by Crippen LogP contribution is -2.39. The van der Waals surface area contributed by atoms with Crippen LogP contribution in [0, 0.1) is 0 Å². The average Bonchev–Trinajstić information content (AvgIpc) is 2.33. The van der Waals surface area contributed by atoms with Crippen molar-refractivity contribution in [3.8, 4) is 0 Å². The van der Waals surface area contributed by atoms with E-state index in [4.69, 9.17) is 0 Å². The zero-order valence-electron chi connectivity index (χ0n) is 8.29. The maximum atomic E-state index is 11.3. The molecule has 4 nitrogen and oxygen atoms in total. The number of aliphatic hydroxyl groups is 1. The molecule has 4 heteroatoms. The van der Waals surface area contributed by atoms with Gasteiger partial charge in [0.05, 0.1) is 12.6 Å². The first kappa shape index (κ1) is 10.5. The topological polar surface area (TPSA) is 52.6 Å². The third-order valence-corrected chi connectivity index (χ3v) is 2.06. The van der Waals surface area contributed by atoms with Gasteiger partial charge in [0.2, 0.25) is 5.91 Å². The lowest BCUT2D eigenvalue weighted by Gasteiger charge is -2.15. The molecule has 1 fully saturated rings. The Kier molecular flexibility index (Phi) is 3.69. The van der Waals surface area contributed by atoms with Crippen molar-refractivity contribution in [2.75, 3.05) is 19.6 Å². The van der Waals surface area contributed by atoms with Gasteiger partial charge in [-0.2, -0.15) is 0 Å². The minimum atomic E-state index is -0.244. The Labute approximate surface area is 78.9 Å². The Hall–Kier alpha value is -0.610. The molecular weight excluding hydrogens is 168 g/mol. The van der Waals surface area contributed by atoms with Crippen LogP contribution in [0.25, 0.3) is 0 Å². The largest absolute Gasteiger partial charge is 0.392 e. The molecule has 1 atom stereocenters. The highest BCUT2D eigenvalue weighted by Crippen LogP contribution is 2.07. The van der Waals surface area contributed by atoms with Gasteiger partial charge in [0.15, 0.2) is 0 Å². The van der Waals surface area contributed by atoms with E-state index >= 15 is 0 Å². The highest BCUT2D eigenvalue weighted by atomic mass is 16.3. The molecule has 76 valence electrons. The molecule has 0 aliphatic carbocycles. The van der Waals surface area contributed by atoms with E-state index in [0.717, 1.165) is 13.0 Å². The first-order chi connectivity index (χ1) is 6.08. The number of carbonyl (C=O) groups excluding carboxylic acids is 1. The molecule has 0 aromatic rings. The van der Waals surface area contributed by atoms with Crippen LogP contribution in [-0.4, -0.2) is 47.7 Å². The maximum Gasteiger partial charge on any atom is 0.234 e. The van der Waals surface area contributed by atoms with Gasteiger partial charge in [-0.05, 0) is 20.3 Å². The molecule has 1 amide bonds. The molecule has 1 heterocycles. The highest BCUT2D eigenvalue weighted by molar-refractivity contribution is 5.78. The van der Waals surface area contributed by atoms with Crippen LogP contribution in [0.3, 0.4) is 0 Å². The quantitative estimate of drug-likeness (QED) is 0.629. The Morgan fingerprint density at radius 3 is 2.85 bits per heavy atom. The van der Waals surface area contributed by atoms with Crippen LogP contribution in [0.4, 0.5) is 0 Å². The summed E-state index contributed by atoms with van der Waals surface area (Å²) in [6.45, 7) is 5.75. The first-order valence-corrected chi connectivity index (χ1v) is 4.77. The van der Waals surface area contributed by atoms with Crippen molar-refractivity contribution in [3.05, 3.63) is 0 Å². The summed E-state index contributed by atoms with van der Waals surface area (Å²) in [5.41, 5.74) is 0. The highest BCUT2D eigenvalue weighted by Gasteiger charge is 2.21. The molecule has 1 rings (SSSR count). The molecule has 1 saturated heterocycles. The van der Waals surface area contributed by atoms with Crippen LogP contribution in [-0.2, 0) is 4.79 Å². The summed E-state index contributed by atoms with van der Waals surface area (Å²) < 4.78 is 0. The first-order valence-electron chi connectivity index (χ1n) is 4.77. The SMILES string of the molecule is CC(C)NC(=O)CN1CC[C@@H](O)C1. The summed E-state index contributed by atoms with van der Waals surface area (Å²) in [7, 11) is 0. The van der Waals surface area contributed by atoms with E-state index in [1.165, 1.54) is 0 Å². The smallest absolute Gasteiger partial charge is 0.234 e. The van der Waals surface area contributed by atoms with E-state index in [2.05, 4.69) is 5.32 Å². The van der Waals surface area contributed by atoms with Crippen molar-refractivity contribution < 1.29 is 9.90 Å². The summed E-state index contributed by atoms with van der Waals surface area (Å²) in [5.74, 6) is 0.0455. The van der Waals surface area contributed by atoms with Crippen LogP contribution >= 0.6 is 0 Å². The minimum absolute atomic E-state index is 0.0455. The van der Waals surface area contributed by atoms with Crippen LogP contribution in [0.15, 0.2) is 0 Å².